The normalized spacial score (nSPS) is 14.7. The van der Waals surface area contributed by atoms with Gasteiger partial charge in [-0.05, 0) is 42.1 Å². The van der Waals surface area contributed by atoms with Crippen molar-refractivity contribution in [3.8, 4) is 0 Å². The minimum Gasteiger partial charge on any atom is -0.310 e. The summed E-state index contributed by atoms with van der Waals surface area (Å²) in [6, 6.07) is 7.25. The van der Waals surface area contributed by atoms with Crippen molar-refractivity contribution in [3.05, 3.63) is 34.1 Å². The molecule has 0 atom stereocenters. The van der Waals surface area contributed by atoms with E-state index >= 15 is 0 Å². The van der Waals surface area contributed by atoms with Crippen molar-refractivity contribution in [3.63, 3.8) is 0 Å². The van der Waals surface area contributed by atoms with Crippen molar-refractivity contribution in [2.45, 2.75) is 48.0 Å². The third-order valence-corrected chi connectivity index (χ3v) is 5.67. The molecule has 1 aliphatic rings. The van der Waals surface area contributed by atoms with Gasteiger partial charge < -0.3 is 5.32 Å². The van der Waals surface area contributed by atoms with Crippen LogP contribution in [0.1, 0.15) is 31.2 Å². The second-order valence-corrected chi connectivity index (χ2v) is 7.77. The van der Waals surface area contributed by atoms with Crippen molar-refractivity contribution >= 4 is 39.2 Å². The summed E-state index contributed by atoms with van der Waals surface area (Å²) >= 11 is 6.82. The molecule has 6 heteroatoms. The second-order valence-electron chi connectivity index (χ2n) is 4.84. The van der Waals surface area contributed by atoms with Gasteiger partial charge in [-0.3, -0.25) is 0 Å². The maximum atomic E-state index is 4.49. The van der Waals surface area contributed by atoms with E-state index < -0.39 is 0 Å². The van der Waals surface area contributed by atoms with Crippen molar-refractivity contribution in [2.24, 2.45) is 0 Å². The molecule has 1 aromatic carbocycles. The quantitative estimate of drug-likeness (QED) is 0.824. The number of nitrogens with one attached hydrogen (secondary N) is 1. The standard InChI is InChI=1S/C14H16BrN3S2/c1-2-13-17-14(20-18-13)19-11-6-3-9(12(15)7-11)8-16-10-4-5-10/h3,6-7,10,16H,2,4-5,8H2,1H3. The van der Waals surface area contributed by atoms with E-state index in [9.17, 15) is 0 Å². The highest BCUT2D eigenvalue weighted by atomic mass is 79.9. The van der Waals surface area contributed by atoms with Crippen molar-refractivity contribution < 1.29 is 0 Å². The van der Waals surface area contributed by atoms with Gasteiger partial charge in [-0.2, -0.15) is 4.37 Å². The van der Waals surface area contributed by atoms with E-state index in [4.69, 9.17) is 0 Å². The summed E-state index contributed by atoms with van der Waals surface area (Å²) in [7, 11) is 0. The number of halogens is 1. The van der Waals surface area contributed by atoms with Crippen LogP contribution >= 0.6 is 39.2 Å². The summed E-state index contributed by atoms with van der Waals surface area (Å²) in [4.78, 5) is 5.69. The average molecular weight is 370 g/mol. The minimum absolute atomic E-state index is 0.741. The van der Waals surface area contributed by atoms with Crippen LogP contribution < -0.4 is 5.32 Å². The van der Waals surface area contributed by atoms with E-state index in [1.165, 1.54) is 34.8 Å². The molecule has 1 fully saturated rings. The third kappa shape index (κ3) is 3.81. The van der Waals surface area contributed by atoms with E-state index in [2.05, 4.69) is 55.7 Å². The molecule has 1 heterocycles. The summed E-state index contributed by atoms with van der Waals surface area (Å²) in [6.45, 7) is 3.02. The monoisotopic (exact) mass is 369 g/mol. The molecule has 1 N–H and O–H groups in total. The zero-order chi connectivity index (χ0) is 13.9. The number of nitrogens with zero attached hydrogens (tertiary/aromatic N) is 2. The summed E-state index contributed by atoms with van der Waals surface area (Å²) in [5.74, 6) is 0.932. The van der Waals surface area contributed by atoms with Crippen LogP contribution in [0.2, 0.25) is 0 Å². The van der Waals surface area contributed by atoms with Gasteiger partial charge in [0.1, 0.15) is 5.82 Å². The van der Waals surface area contributed by atoms with E-state index in [1.807, 2.05) is 0 Å². The topological polar surface area (TPSA) is 37.8 Å². The molecule has 0 aliphatic heterocycles. The first-order valence-electron chi connectivity index (χ1n) is 6.77. The molecule has 1 saturated carbocycles. The lowest BCUT2D eigenvalue weighted by Crippen LogP contribution is -2.15. The Morgan fingerprint density at radius 1 is 1.45 bits per heavy atom. The van der Waals surface area contributed by atoms with Crippen LogP contribution in [0.4, 0.5) is 0 Å². The Morgan fingerprint density at radius 3 is 2.95 bits per heavy atom. The number of aryl methyl sites for hydroxylation is 1. The van der Waals surface area contributed by atoms with Crippen LogP contribution in [0, 0.1) is 0 Å². The second kappa shape index (κ2) is 6.56. The lowest BCUT2D eigenvalue weighted by Gasteiger charge is -2.07. The highest BCUT2D eigenvalue weighted by molar-refractivity contribution is 9.10. The molecule has 0 bridgehead atoms. The van der Waals surface area contributed by atoms with Crippen LogP contribution in [0.25, 0.3) is 0 Å². The summed E-state index contributed by atoms with van der Waals surface area (Å²) in [6.07, 6.45) is 3.54. The predicted octanol–water partition coefficient (Wildman–Crippen LogP) is 4.27. The molecule has 0 amide bonds. The van der Waals surface area contributed by atoms with Gasteiger partial charge in [-0.15, -0.1) is 0 Å². The zero-order valence-electron chi connectivity index (χ0n) is 11.2. The molecular weight excluding hydrogens is 354 g/mol. The van der Waals surface area contributed by atoms with Crippen LogP contribution in [-0.4, -0.2) is 15.4 Å². The molecular formula is C14H16BrN3S2. The molecule has 0 spiro atoms. The van der Waals surface area contributed by atoms with E-state index in [0.717, 1.165) is 33.6 Å². The number of benzene rings is 1. The van der Waals surface area contributed by atoms with Gasteiger partial charge in [-0.25, -0.2) is 4.98 Å². The zero-order valence-corrected chi connectivity index (χ0v) is 14.4. The number of rotatable bonds is 6. The van der Waals surface area contributed by atoms with Gasteiger partial charge in [0.2, 0.25) is 0 Å². The van der Waals surface area contributed by atoms with Crippen molar-refractivity contribution in [1.29, 1.82) is 0 Å². The van der Waals surface area contributed by atoms with Gasteiger partial charge >= 0.3 is 0 Å². The van der Waals surface area contributed by atoms with Crippen LogP contribution in [0.5, 0.6) is 0 Å². The van der Waals surface area contributed by atoms with Gasteiger partial charge in [0.25, 0.3) is 0 Å². The van der Waals surface area contributed by atoms with Crippen molar-refractivity contribution in [1.82, 2.24) is 14.7 Å². The smallest absolute Gasteiger partial charge is 0.174 e. The van der Waals surface area contributed by atoms with Crippen molar-refractivity contribution in [2.75, 3.05) is 0 Å². The Balaban J connectivity index is 1.65. The Kier molecular flexibility index (Phi) is 4.75. The molecule has 20 heavy (non-hydrogen) atoms. The summed E-state index contributed by atoms with van der Waals surface area (Å²) < 4.78 is 6.49. The Labute approximate surface area is 135 Å². The van der Waals surface area contributed by atoms with Gasteiger partial charge in [0, 0.05) is 28.4 Å². The Hall–Kier alpha value is -0.430. The average Bonchev–Trinajstić information content (AvgIpc) is 3.16. The highest BCUT2D eigenvalue weighted by Gasteiger charge is 2.20. The van der Waals surface area contributed by atoms with Gasteiger partial charge in [0.05, 0.1) is 0 Å². The molecule has 0 unspecified atom stereocenters. The summed E-state index contributed by atoms with van der Waals surface area (Å²) in [5.41, 5.74) is 1.31. The first-order chi connectivity index (χ1) is 9.74. The highest BCUT2D eigenvalue weighted by Crippen LogP contribution is 2.32. The molecule has 1 aliphatic carbocycles. The Bertz CT molecular complexity index is 596. The Morgan fingerprint density at radius 2 is 2.30 bits per heavy atom. The first kappa shape index (κ1) is 14.5. The fourth-order valence-corrected chi connectivity index (χ4v) is 4.19. The maximum absolute atomic E-state index is 4.49. The fraction of sp³-hybridized carbons (Fsp3) is 0.429. The van der Waals surface area contributed by atoms with Crippen LogP contribution in [0.3, 0.4) is 0 Å². The van der Waals surface area contributed by atoms with Gasteiger partial charge in [0.15, 0.2) is 4.34 Å². The molecule has 0 saturated heterocycles. The maximum Gasteiger partial charge on any atom is 0.174 e. The third-order valence-electron chi connectivity index (χ3n) is 3.15. The summed E-state index contributed by atoms with van der Waals surface area (Å²) in [5, 5.41) is 3.54. The molecule has 3 nitrogen and oxygen atoms in total. The SMILES string of the molecule is CCc1nsc(Sc2ccc(CNC3CC3)c(Br)c2)n1. The van der Waals surface area contributed by atoms with E-state index in [1.54, 1.807) is 11.8 Å². The molecule has 106 valence electrons. The molecule has 2 aromatic rings. The lowest BCUT2D eigenvalue weighted by molar-refractivity contribution is 0.685. The fourth-order valence-electron chi connectivity index (χ4n) is 1.80. The largest absolute Gasteiger partial charge is 0.310 e. The predicted molar refractivity (Wildman–Crippen MR) is 87.4 cm³/mol. The molecule has 0 radical (unpaired) electrons. The minimum atomic E-state index is 0.741. The van der Waals surface area contributed by atoms with Crippen LogP contribution in [-0.2, 0) is 13.0 Å². The number of aromatic nitrogens is 2. The van der Waals surface area contributed by atoms with Crippen LogP contribution in [0.15, 0.2) is 31.9 Å². The number of hydrogen-bond donors (Lipinski definition) is 1. The first-order valence-corrected chi connectivity index (χ1v) is 9.15. The van der Waals surface area contributed by atoms with E-state index in [-0.39, 0.29) is 0 Å². The lowest BCUT2D eigenvalue weighted by atomic mass is 10.2. The van der Waals surface area contributed by atoms with Gasteiger partial charge in [-0.1, -0.05) is 40.7 Å². The van der Waals surface area contributed by atoms with E-state index in [0.29, 0.717) is 0 Å². The number of hydrogen-bond acceptors (Lipinski definition) is 5. The molecule has 3 rings (SSSR count). The molecule has 1 aromatic heterocycles.